The van der Waals surface area contributed by atoms with Crippen LogP contribution in [0, 0.1) is 0 Å². The van der Waals surface area contributed by atoms with Crippen molar-refractivity contribution in [3.63, 3.8) is 0 Å². The quantitative estimate of drug-likeness (QED) is 0.426. The van der Waals surface area contributed by atoms with Crippen LogP contribution in [0.5, 0.6) is 0 Å². The molecule has 1 amide bonds. The van der Waals surface area contributed by atoms with Crippen LogP contribution in [-0.4, -0.2) is 18.8 Å². The average molecular weight is 185 g/mol. The zero-order valence-electron chi connectivity index (χ0n) is 6.37. The second kappa shape index (κ2) is 3.99. The molecule has 0 aliphatic carbocycles. The summed E-state index contributed by atoms with van der Waals surface area (Å²) in [6.07, 6.45) is 0. The fraction of sp³-hybridized carbons (Fsp3) is 0.143. The SMILES string of the molecule is CONC(=O)C(=O)c1cccs1. The molecule has 12 heavy (non-hydrogen) atoms. The first-order valence-corrected chi connectivity index (χ1v) is 4.05. The van der Waals surface area contributed by atoms with E-state index >= 15 is 0 Å². The topological polar surface area (TPSA) is 55.4 Å². The van der Waals surface area contributed by atoms with Gasteiger partial charge in [0.05, 0.1) is 12.0 Å². The van der Waals surface area contributed by atoms with Crippen LogP contribution in [0.25, 0.3) is 0 Å². The molecule has 0 aromatic carbocycles. The van der Waals surface area contributed by atoms with Crippen molar-refractivity contribution in [3.8, 4) is 0 Å². The molecule has 64 valence electrons. The zero-order valence-corrected chi connectivity index (χ0v) is 7.18. The number of hydrogen-bond donors (Lipinski definition) is 1. The number of amides is 1. The summed E-state index contributed by atoms with van der Waals surface area (Å²) >= 11 is 1.22. The van der Waals surface area contributed by atoms with Crippen LogP contribution in [0.1, 0.15) is 9.67 Å². The Morgan fingerprint density at radius 2 is 2.33 bits per heavy atom. The van der Waals surface area contributed by atoms with Gasteiger partial charge in [-0.05, 0) is 11.4 Å². The lowest BCUT2D eigenvalue weighted by Gasteiger charge is -1.97. The molecule has 0 saturated carbocycles. The number of carbonyl (C=O) groups is 2. The van der Waals surface area contributed by atoms with E-state index in [1.165, 1.54) is 18.4 Å². The first kappa shape index (κ1) is 8.89. The fourth-order valence-corrected chi connectivity index (χ4v) is 1.32. The van der Waals surface area contributed by atoms with E-state index in [0.717, 1.165) is 0 Å². The number of Topliss-reactive ketones (excluding diaryl/α,β-unsaturated/α-hetero) is 1. The average Bonchev–Trinajstić information content (AvgIpc) is 2.55. The standard InChI is InChI=1S/C7H7NO3S/c1-11-8-7(10)6(9)5-3-2-4-12-5/h2-4H,1H3,(H,8,10). The Morgan fingerprint density at radius 1 is 1.58 bits per heavy atom. The third-order valence-corrected chi connectivity index (χ3v) is 2.01. The minimum atomic E-state index is -0.750. The molecule has 0 fully saturated rings. The lowest BCUT2D eigenvalue weighted by Crippen LogP contribution is -2.29. The molecule has 0 unspecified atom stereocenters. The molecule has 1 N–H and O–H groups in total. The third-order valence-electron chi connectivity index (χ3n) is 1.15. The molecular weight excluding hydrogens is 178 g/mol. The van der Waals surface area contributed by atoms with Crippen LogP contribution in [0.15, 0.2) is 17.5 Å². The van der Waals surface area contributed by atoms with E-state index in [2.05, 4.69) is 4.84 Å². The van der Waals surface area contributed by atoms with Gasteiger partial charge in [-0.1, -0.05) is 6.07 Å². The predicted molar refractivity (Wildman–Crippen MR) is 43.8 cm³/mol. The molecule has 0 aliphatic rings. The highest BCUT2D eigenvalue weighted by atomic mass is 32.1. The van der Waals surface area contributed by atoms with Crippen LogP contribution < -0.4 is 5.48 Å². The Hall–Kier alpha value is -1.20. The van der Waals surface area contributed by atoms with E-state index in [-0.39, 0.29) is 0 Å². The number of ketones is 1. The van der Waals surface area contributed by atoms with Gasteiger partial charge in [0.15, 0.2) is 0 Å². The maximum atomic E-state index is 11.1. The minimum Gasteiger partial charge on any atom is -0.282 e. The number of carbonyl (C=O) groups excluding carboxylic acids is 2. The van der Waals surface area contributed by atoms with Gasteiger partial charge in [-0.3, -0.25) is 14.4 Å². The van der Waals surface area contributed by atoms with E-state index in [0.29, 0.717) is 4.88 Å². The van der Waals surface area contributed by atoms with Gasteiger partial charge in [0, 0.05) is 0 Å². The summed E-state index contributed by atoms with van der Waals surface area (Å²) in [4.78, 5) is 26.7. The number of rotatable bonds is 3. The van der Waals surface area contributed by atoms with Crippen molar-refractivity contribution in [2.45, 2.75) is 0 Å². The highest BCUT2D eigenvalue weighted by molar-refractivity contribution is 7.12. The van der Waals surface area contributed by atoms with Crippen LogP contribution in [0.2, 0.25) is 0 Å². The molecule has 0 atom stereocenters. The summed E-state index contributed by atoms with van der Waals surface area (Å²) in [7, 11) is 1.28. The number of hydrogen-bond acceptors (Lipinski definition) is 4. The zero-order chi connectivity index (χ0) is 8.97. The van der Waals surface area contributed by atoms with Crippen LogP contribution in [-0.2, 0) is 9.63 Å². The maximum absolute atomic E-state index is 11.1. The smallest absolute Gasteiger partial charge is 0.282 e. The summed E-state index contributed by atoms with van der Waals surface area (Å²) in [5.74, 6) is -1.33. The minimum absolute atomic E-state index is 0.407. The molecule has 1 aromatic heterocycles. The van der Waals surface area contributed by atoms with Gasteiger partial charge >= 0.3 is 5.91 Å². The van der Waals surface area contributed by atoms with Gasteiger partial charge in [-0.25, -0.2) is 5.48 Å². The van der Waals surface area contributed by atoms with Gasteiger partial charge < -0.3 is 0 Å². The van der Waals surface area contributed by atoms with Gasteiger partial charge in [0.1, 0.15) is 0 Å². The number of hydroxylamine groups is 1. The van der Waals surface area contributed by atoms with Gasteiger partial charge in [0.2, 0.25) is 0 Å². The van der Waals surface area contributed by atoms with Gasteiger partial charge in [-0.15, -0.1) is 11.3 Å². The lowest BCUT2D eigenvalue weighted by molar-refractivity contribution is -0.126. The van der Waals surface area contributed by atoms with E-state index in [1.54, 1.807) is 17.5 Å². The first-order valence-electron chi connectivity index (χ1n) is 3.17. The second-order valence-corrected chi connectivity index (χ2v) is 2.89. The van der Waals surface area contributed by atoms with Crippen LogP contribution in [0.4, 0.5) is 0 Å². The summed E-state index contributed by atoms with van der Waals surface area (Å²) < 4.78 is 0. The molecule has 1 rings (SSSR count). The molecule has 1 aromatic rings. The molecular formula is C7H7NO3S. The summed E-state index contributed by atoms with van der Waals surface area (Å²) in [6.45, 7) is 0. The number of nitrogens with one attached hydrogen (secondary N) is 1. The summed E-state index contributed by atoms with van der Waals surface area (Å²) in [5.41, 5.74) is 1.95. The van der Waals surface area contributed by atoms with E-state index in [1.807, 2.05) is 5.48 Å². The summed E-state index contributed by atoms with van der Waals surface area (Å²) in [6, 6.07) is 3.29. The molecule has 0 spiro atoms. The lowest BCUT2D eigenvalue weighted by atomic mass is 10.3. The predicted octanol–water partition coefficient (Wildman–Crippen LogP) is 0.608. The Bertz CT molecular complexity index is 281. The number of thiophene rings is 1. The third kappa shape index (κ3) is 1.90. The largest absolute Gasteiger partial charge is 0.316 e. The van der Waals surface area contributed by atoms with Crippen molar-refractivity contribution < 1.29 is 14.4 Å². The highest BCUT2D eigenvalue weighted by Crippen LogP contribution is 2.08. The molecule has 4 nitrogen and oxygen atoms in total. The van der Waals surface area contributed by atoms with Crippen molar-refractivity contribution in [1.29, 1.82) is 0 Å². The van der Waals surface area contributed by atoms with E-state index in [9.17, 15) is 9.59 Å². The van der Waals surface area contributed by atoms with E-state index < -0.39 is 11.7 Å². The van der Waals surface area contributed by atoms with Crippen molar-refractivity contribution >= 4 is 23.0 Å². The Labute approximate surface area is 73.1 Å². The molecule has 5 heteroatoms. The molecule has 0 bridgehead atoms. The maximum Gasteiger partial charge on any atom is 0.316 e. The van der Waals surface area contributed by atoms with Crippen LogP contribution >= 0.6 is 11.3 Å². The first-order chi connectivity index (χ1) is 5.75. The van der Waals surface area contributed by atoms with Crippen molar-refractivity contribution in [2.75, 3.05) is 7.11 Å². The molecule has 0 saturated heterocycles. The van der Waals surface area contributed by atoms with Gasteiger partial charge in [-0.2, -0.15) is 0 Å². The Kier molecular flexibility index (Phi) is 2.95. The normalized spacial score (nSPS) is 9.42. The van der Waals surface area contributed by atoms with Crippen LogP contribution in [0.3, 0.4) is 0 Å². The van der Waals surface area contributed by atoms with Crippen molar-refractivity contribution in [2.24, 2.45) is 0 Å². The second-order valence-electron chi connectivity index (χ2n) is 1.94. The Balaban J connectivity index is 2.66. The van der Waals surface area contributed by atoms with Crippen molar-refractivity contribution in [3.05, 3.63) is 22.4 Å². The monoisotopic (exact) mass is 185 g/mol. The highest BCUT2D eigenvalue weighted by Gasteiger charge is 2.16. The molecule has 1 heterocycles. The molecule has 0 aliphatic heterocycles. The van der Waals surface area contributed by atoms with Crippen molar-refractivity contribution in [1.82, 2.24) is 5.48 Å². The Morgan fingerprint density at radius 3 is 2.83 bits per heavy atom. The molecule has 0 radical (unpaired) electrons. The fourth-order valence-electron chi connectivity index (χ4n) is 0.659. The summed E-state index contributed by atoms with van der Waals surface area (Å²) in [5, 5.41) is 1.73. The van der Waals surface area contributed by atoms with Gasteiger partial charge in [0.25, 0.3) is 5.78 Å². The van der Waals surface area contributed by atoms with E-state index in [4.69, 9.17) is 0 Å².